The van der Waals surface area contributed by atoms with E-state index in [1.807, 2.05) is 18.2 Å². The predicted octanol–water partition coefficient (Wildman–Crippen LogP) is 0.932. The van der Waals surface area contributed by atoms with Gasteiger partial charge in [-0.15, -0.1) is 0 Å². The first kappa shape index (κ1) is 14.1. The van der Waals surface area contributed by atoms with Gasteiger partial charge in [0.05, 0.1) is 20.3 Å². The second kappa shape index (κ2) is 6.21. The number of esters is 2. The summed E-state index contributed by atoms with van der Waals surface area (Å²) >= 11 is 0. The number of nitrogens with one attached hydrogen (secondary N) is 2. The van der Waals surface area contributed by atoms with Gasteiger partial charge in [-0.2, -0.15) is 0 Å². The van der Waals surface area contributed by atoms with Gasteiger partial charge in [-0.05, 0) is 17.2 Å². The Hall–Kier alpha value is -2.34. The molecule has 1 aliphatic rings. The Balaban J connectivity index is 2.29. The van der Waals surface area contributed by atoms with Crippen molar-refractivity contribution in [2.75, 3.05) is 19.5 Å². The van der Waals surface area contributed by atoms with Gasteiger partial charge >= 0.3 is 11.9 Å². The fourth-order valence-corrected chi connectivity index (χ4v) is 2.03. The van der Waals surface area contributed by atoms with Crippen LogP contribution in [0.1, 0.15) is 11.1 Å². The summed E-state index contributed by atoms with van der Waals surface area (Å²) in [6, 6.07) is 5.75. The molecule has 1 aromatic carbocycles. The maximum absolute atomic E-state index is 11.7. The number of anilines is 1. The van der Waals surface area contributed by atoms with Gasteiger partial charge in [0.15, 0.2) is 0 Å². The number of carbonyl (C=O) groups is 2. The van der Waals surface area contributed by atoms with Crippen molar-refractivity contribution in [3.8, 4) is 0 Å². The maximum atomic E-state index is 11.7. The fraction of sp³-hybridized carbons (Fsp3) is 0.286. The monoisotopic (exact) mass is 276 g/mol. The van der Waals surface area contributed by atoms with E-state index < -0.39 is 11.9 Å². The molecule has 2 N–H and O–H groups in total. The molecule has 0 aromatic heterocycles. The molecule has 20 heavy (non-hydrogen) atoms. The van der Waals surface area contributed by atoms with Crippen LogP contribution in [-0.2, 0) is 32.2 Å². The van der Waals surface area contributed by atoms with Gasteiger partial charge in [0.2, 0.25) is 0 Å². The van der Waals surface area contributed by atoms with E-state index in [2.05, 4.69) is 20.1 Å². The topological polar surface area (TPSA) is 76.7 Å². The van der Waals surface area contributed by atoms with Crippen LogP contribution >= 0.6 is 0 Å². The minimum absolute atomic E-state index is 0.0413. The molecule has 0 amide bonds. The molecule has 0 unspecified atom stereocenters. The van der Waals surface area contributed by atoms with E-state index in [9.17, 15) is 9.59 Å². The van der Waals surface area contributed by atoms with Crippen molar-refractivity contribution in [1.82, 2.24) is 5.32 Å². The molecule has 2 rings (SSSR count). The molecule has 0 saturated carbocycles. The zero-order valence-electron chi connectivity index (χ0n) is 11.4. The highest BCUT2D eigenvalue weighted by Crippen LogP contribution is 2.25. The lowest BCUT2D eigenvalue weighted by Crippen LogP contribution is -2.16. The largest absolute Gasteiger partial charge is 0.466 e. The van der Waals surface area contributed by atoms with Crippen molar-refractivity contribution >= 4 is 17.6 Å². The number of benzene rings is 1. The van der Waals surface area contributed by atoms with Gasteiger partial charge in [0.25, 0.3) is 0 Å². The highest BCUT2D eigenvalue weighted by atomic mass is 16.5. The van der Waals surface area contributed by atoms with E-state index in [4.69, 9.17) is 0 Å². The quantitative estimate of drug-likeness (QED) is 0.629. The van der Waals surface area contributed by atoms with Crippen molar-refractivity contribution in [1.29, 1.82) is 0 Å². The molecular weight excluding hydrogens is 260 g/mol. The van der Waals surface area contributed by atoms with Crippen LogP contribution in [0.2, 0.25) is 0 Å². The molecular formula is C14H16N2O4. The third-order valence-electron chi connectivity index (χ3n) is 3.03. The van der Waals surface area contributed by atoms with Crippen molar-refractivity contribution in [2.45, 2.75) is 13.1 Å². The van der Waals surface area contributed by atoms with Crippen LogP contribution in [0, 0.1) is 0 Å². The van der Waals surface area contributed by atoms with Crippen molar-refractivity contribution in [2.24, 2.45) is 0 Å². The number of methoxy groups -OCH3 is 2. The predicted molar refractivity (Wildman–Crippen MR) is 72.7 cm³/mol. The minimum atomic E-state index is -0.626. The van der Waals surface area contributed by atoms with Crippen LogP contribution in [0.5, 0.6) is 0 Å². The molecule has 0 radical (unpaired) electrons. The van der Waals surface area contributed by atoms with Crippen LogP contribution in [0.15, 0.2) is 30.0 Å². The Morgan fingerprint density at radius 2 is 2.05 bits per heavy atom. The van der Waals surface area contributed by atoms with E-state index in [1.54, 1.807) is 0 Å². The molecule has 6 heteroatoms. The highest BCUT2D eigenvalue weighted by Gasteiger charge is 2.18. The van der Waals surface area contributed by atoms with Gasteiger partial charge in [-0.1, -0.05) is 12.1 Å². The zero-order chi connectivity index (χ0) is 14.5. The summed E-state index contributed by atoms with van der Waals surface area (Å²) in [7, 11) is 2.50. The average Bonchev–Trinajstić information content (AvgIpc) is 2.94. The zero-order valence-corrected chi connectivity index (χ0v) is 11.4. The number of hydrogen-bond acceptors (Lipinski definition) is 6. The number of fused-ring (bicyclic) bond motifs is 1. The molecule has 106 valence electrons. The first-order chi connectivity index (χ1) is 9.65. The van der Waals surface area contributed by atoms with E-state index in [1.165, 1.54) is 14.2 Å². The summed E-state index contributed by atoms with van der Waals surface area (Å²) in [5.41, 5.74) is 3.05. The highest BCUT2D eigenvalue weighted by molar-refractivity contribution is 5.98. The van der Waals surface area contributed by atoms with Crippen LogP contribution in [0.25, 0.3) is 0 Å². The lowest BCUT2D eigenvalue weighted by atomic mass is 10.1. The van der Waals surface area contributed by atoms with Crippen molar-refractivity contribution in [3.63, 3.8) is 0 Å². The SMILES string of the molecule is COC(=O)/C=C(/Nc1cccc2c1CNC2)C(=O)OC. The Morgan fingerprint density at radius 1 is 1.25 bits per heavy atom. The van der Waals surface area contributed by atoms with E-state index in [0.717, 1.165) is 29.4 Å². The Morgan fingerprint density at radius 3 is 2.75 bits per heavy atom. The van der Waals surface area contributed by atoms with Crippen molar-refractivity contribution < 1.29 is 19.1 Å². The van der Waals surface area contributed by atoms with Gasteiger partial charge < -0.3 is 20.1 Å². The molecule has 0 aliphatic carbocycles. The minimum Gasteiger partial charge on any atom is -0.466 e. The number of ether oxygens (including phenoxy) is 2. The van der Waals surface area contributed by atoms with Gasteiger partial charge in [-0.25, -0.2) is 9.59 Å². The van der Waals surface area contributed by atoms with Crippen LogP contribution in [0.4, 0.5) is 5.69 Å². The second-order valence-corrected chi connectivity index (χ2v) is 4.24. The van der Waals surface area contributed by atoms with E-state index in [0.29, 0.717) is 6.54 Å². The molecule has 0 saturated heterocycles. The summed E-state index contributed by atoms with van der Waals surface area (Å²) in [4.78, 5) is 23.0. The number of rotatable bonds is 4. The Kier molecular flexibility index (Phi) is 4.37. The Bertz CT molecular complexity index is 566. The second-order valence-electron chi connectivity index (χ2n) is 4.24. The van der Waals surface area contributed by atoms with Gasteiger partial charge in [-0.3, -0.25) is 0 Å². The normalized spacial score (nSPS) is 13.6. The van der Waals surface area contributed by atoms with E-state index in [-0.39, 0.29) is 5.70 Å². The molecule has 1 aromatic rings. The molecule has 6 nitrogen and oxygen atoms in total. The molecule has 1 aliphatic heterocycles. The van der Waals surface area contributed by atoms with Gasteiger partial charge in [0, 0.05) is 18.8 Å². The molecule has 0 atom stereocenters. The summed E-state index contributed by atoms with van der Waals surface area (Å²) < 4.78 is 9.19. The van der Waals surface area contributed by atoms with Gasteiger partial charge in [0.1, 0.15) is 5.70 Å². The van der Waals surface area contributed by atoms with Crippen molar-refractivity contribution in [3.05, 3.63) is 41.1 Å². The van der Waals surface area contributed by atoms with E-state index >= 15 is 0 Å². The summed E-state index contributed by atoms with van der Waals surface area (Å²) in [6.45, 7) is 1.50. The lowest BCUT2D eigenvalue weighted by Gasteiger charge is -2.12. The summed E-state index contributed by atoms with van der Waals surface area (Å²) in [6.07, 6.45) is 1.08. The first-order valence-corrected chi connectivity index (χ1v) is 6.12. The number of hydrogen-bond donors (Lipinski definition) is 2. The van der Waals surface area contributed by atoms with Crippen LogP contribution in [0.3, 0.4) is 0 Å². The summed E-state index contributed by atoms with van der Waals surface area (Å²) in [5.74, 6) is -1.25. The molecule has 1 heterocycles. The average molecular weight is 276 g/mol. The number of carbonyl (C=O) groups excluding carboxylic acids is 2. The molecule has 0 fully saturated rings. The smallest absolute Gasteiger partial charge is 0.354 e. The maximum Gasteiger partial charge on any atom is 0.354 e. The third-order valence-corrected chi connectivity index (χ3v) is 3.03. The first-order valence-electron chi connectivity index (χ1n) is 6.12. The fourth-order valence-electron chi connectivity index (χ4n) is 2.03. The lowest BCUT2D eigenvalue weighted by molar-refractivity contribution is -0.138. The standard InChI is InChI=1S/C14H16N2O4/c1-19-13(17)6-12(14(18)20-2)16-11-5-3-4-9-7-15-8-10(9)11/h3-6,15-16H,7-8H2,1-2H3/b12-6+. The summed E-state index contributed by atoms with van der Waals surface area (Å²) in [5, 5.41) is 6.17. The van der Waals surface area contributed by atoms with Crippen LogP contribution < -0.4 is 10.6 Å². The van der Waals surface area contributed by atoms with Crippen LogP contribution in [-0.4, -0.2) is 26.2 Å². The molecule has 0 spiro atoms. The molecule has 0 bridgehead atoms. The third kappa shape index (κ3) is 2.97. The Labute approximate surface area is 116 Å².